The molecule has 5 nitrogen and oxygen atoms in total. The lowest BCUT2D eigenvalue weighted by molar-refractivity contribution is 0.314. The Morgan fingerprint density at radius 3 is 2.40 bits per heavy atom. The second-order valence-corrected chi connectivity index (χ2v) is 9.07. The Labute approximate surface area is 203 Å². The molecule has 35 heavy (non-hydrogen) atoms. The second-order valence-electron chi connectivity index (χ2n) is 9.07. The maximum absolute atomic E-state index is 14.6. The number of nitrogens with zero attached hydrogens (tertiary/aromatic N) is 2. The fourth-order valence-corrected chi connectivity index (χ4v) is 4.87. The van der Waals surface area contributed by atoms with Crippen molar-refractivity contribution in [3.8, 4) is 0 Å². The minimum Gasteiger partial charge on any atom is -0.318 e. The van der Waals surface area contributed by atoms with Crippen LogP contribution in [0.1, 0.15) is 59.1 Å². The number of alkyl halides is 1. The average molecular weight is 464 g/mol. The van der Waals surface area contributed by atoms with Crippen molar-refractivity contribution in [3.63, 3.8) is 0 Å². The number of aromatic amines is 1. The SMILES string of the molecule is FC1NNc2ccc(/C(=C(/c3ccccc3)C3CCC3)c3ccc(/C=C/c4cn[nH]n4)cc3)cc21. The maximum atomic E-state index is 14.6. The summed E-state index contributed by atoms with van der Waals surface area (Å²) in [4.78, 5) is 0. The molecule has 6 heteroatoms. The van der Waals surface area contributed by atoms with Crippen LogP contribution >= 0.6 is 0 Å². The van der Waals surface area contributed by atoms with Gasteiger partial charge in [-0.05, 0) is 70.4 Å². The van der Waals surface area contributed by atoms with E-state index in [1.165, 1.54) is 36.0 Å². The number of hydrogen-bond donors (Lipinski definition) is 3. The van der Waals surface area contributed by atoms with Crippen LogP contribution in [-0.2, 0) is 0 Å². The average Bonchev–Trinajstić information content (AvgIpc) is 3.52. The van der Waals surface area contributed by atoms with Gasteiger partial charge in [-0.15, -0.1) is 0 Å². The Balaban J connectivity index is 1.49. The molecule has 174 valence electrons. The third-order valence-corrected chi connectivity index (χ3v) is 6.89. The van der Waals surface area contributed by atoms with Gasteiger partial charge in [0, 0.05) is 5.56 Å². The van der Waals surface area contributed by atoms with E-state index in [0.717, 1.165) is 28.1 Å². The summed E-state index contributed by atoms with van der Waals surface area (Å²) >= 11 is 0. The highest BCUT2D eigenvalue weighted by Gasteiger charge is 2.28. The van der Waals surface area contributed by atoms with Crippen LogP contribution in [0.2, 0.25) is 0 Å². The van der Waals surface area contributed by atoms with Crippen LogP contribution in [0.25, 0.3) is 23.3 Å². The van der Waals surface area contributed by atoms with Gasteiger partial charge in [0.2, 0.25) is 0 Å². The number of fused-ring (bicyclic) bond motifs is 1. The standard InChI is InChI=1S/C29H26FN5/c30-29-25-17-23(14-16-26(25)33-34-29)28(27(21-7-4-8-21)20-5-2-1-3-6-20)22-12-9-19(10-13-22)11-15-24-18-31-35-32-24/h1-3,5-6,9-18,21,29,33-34H,4,7-8H2,(H,31,32,35)/b15-11+,28-27-. The van der Waals surface area contributed by atoms with E-state index >= 15 is 0 Å². The van der Waals surface area contributed by atoms with Gasteiger partial charge < -0.3 is 5.43 Å². The lowest BCUT2D eigenvalue weighted by Gasteiger charge is -2.31. The first-order valence-electron chi connectivity index (χ1n) is 12.0. The lowest BCUT2D eigenvalue weighted by atomic mass is 9.73. The zero-order valence-corrected chi connectivity index (χ0v) is 19.2. The maximum Gasteiger partial charge on any atom is 0.195 e. The molecule has 1 aromatic heterocycles. The van der Waals surface area contributed by atoms with Crippen LogP contribution < -0.4 is 10.9 Å². The lowest BCUT2D eigenvalue weighted by Crippen LogP contribution is -2.15. The Bertz CT molecular complexity index is 1370. The molecule has 0 bridgehead atoms. The monoisotopic (exact) mass is 463 g/mol. The molecular formula is C29H26FN5. The van der Waals surface area contributed by atoms with Crippen molar-refractivity contribution in [3.05, 3.63) is 113 Å². The van der Waals surface area contributed by atoms with Gasteiger partial charge in [0.15, 0.2) is 6.30 Å². The predicted octanol–water partition coefficient (Wildman–Crippen LogP) is 6.63. The molecule has 1 aliphatic heterocycles. The molecule has 1 saturated carbocycles. The van der Waals surface area contributed by atoms with E-state index in [4.69, 9.17) is 0 Å². The molecule has 1 fully saturated rings. The number of benzene rings is 3. The molecule has 1 atom stereocenters. The molecule has 4 aromatic rings. The Kier molecular flexibility index (Phi) is 5.72. The summed E-state index contributed by atoms with van der Waals surface area (Å²) in [5, 5.41) is 10.5. The fourth-order valence-electron chi connectivity index (χ4n) is 4.87. The molecule has 3 N–H and O–H groups in total. The molecule has 3 aromatic carbocycles. The topological polar surface area (TPSA) is 65.6 Å². The molecular weight excluding hydrogens is 437 g/mol. The number of halogens is 1. The van der Waals surface area contributed by atoms with E-state index < -0.39 is 6.30 Å². The van der Waals surface area contributed by atoms with Crippen LogP contribution in [0.3, 0.4) is 0 Å². The van der Waals surface area contributed by atoms with Crippen LogP contribution in [0, 0.1) is 5.92 Å². The van der Waals surface area contributed by atoms with E-state index in [2.05, 4.69) is 86.9 Å². The Morgan fingerprint density at radius 2 is 1.69 bits per heavy atom. The van der Waals surface area contributed by atoms with Crippen LogP contribution in [-0.4, -0.2) is 15.4 Å². The first-order chi connectivity index (χ1) is 17.3. The van der Waals surface area contributed by atoms with Gasteiger partial charge in [-0.2, -0.15) is 15.4 Å². The normalized spacial score (nSPS) is 18.1. The minimum atomic E-state index is -1.22. The number of rotatable bonds is 6. The number of H-pyrrole nitrogens is 1. The molecule has 0 spiro atoms. The number of anilines is 1. The van der Waals surface area contributed by atoms with E-state index in [9.17, 15) is 4.39 Å². The molecule has 1 unspecified atom stereocenters. The van der Waals surface area contributed by atoms with Gasteiger partial charge in [-0.25, -0.2) is 9.82 Å². The first-order valence-corrected chi connectivity index (χ1v) is 12.0. The molecule has 6 rings (SSSR count). The van der Waals surface area contributed by atoms with E-state index in [1.54, 1.807) is 6.20 Å². The highest BCUT2D eigenvalue weighted by Crippen LogP contribution is 2.46. The van der Waals surface area contributed by atoms with Crippen molar-refractivity contribution in [1.29, 1.82) is 0 Å². The van der Waals surface area contributed by atoms with Crippen molar-refractivity contribution >= 4 is 29.0 Å². The summed E-state index contributed by atoms with van der Waals surface area (Å²) in [7, 11) is 0. The second kappa shape index (κ2) is 9.31. The molecule has 0 radical (unpaired) electrons. The Morgan fingerprint density at radius 1 is 0.886 bits per heavy atom. The highest BCUT2D eigenvalue weighted by molar-refractivity contribution is 6.00. The largest absolute Gasteiger partial charge is 0.318 e. The first kappa shape index (κ1) is 21.5. The summed E-state index contributed by atoms with van der Waals surface area (Å²) in [6.45, 7) is 0. The predicted molar refractivity (Wildman–Crippen MR) is 139 cm³/mol. The minimum absolute atomic E-state index is 0.491. The number of hydrazine groups is 1. The zero-order chi connectivity index (χ0) is 23.6. The van der Waals surface area contributed by atoms with Crippen LogP contribution in [0.15, 0.2) is 79.0 Å². The van der Waals surface area contributed by atoms with Gasteiger partial charge in [-0.3, -0.25) is 0 Å². The number of hydrogen-bond acceptors (Lipinski definition) is 4. The van der Waals surface area contributed by atoms with Gasteiger partial charge in [-0.1, -0.05) is 73.2 Å². The van der Waals surface area contributed by atoms with E-state index in [0.29, 0.717) is 11.5 Å². The summed E-state index contributed by atoms with van der Waals surface area (Å²) in [5.41, 5.74) is 14.8. The summed E-state index contributed by atoms with van der Waals surface area (Å²) < 4.78 is 14.6. The molecule has 1 aliphatic carbocycles. The van der Waals surface area contributed by atoms with Gasteiger partial charge >= 0.3 is 0 Å². The number of aromatic nitrogens is 3. The van der Waals surface area contributed by atoms with E-state index in [-0.39, 0.29) is 0 Å². The van der Waals surface area contributed by atoms with Crippen LogP contribution in [0.5, 0.6) is 0 Å². The molecule has 2 heterocycles. The smallest absolute Gasteiger partial charge is 0.195 e. The van der Waals surface area contributed by atoms with Crippen molar-refractivity contribution < 1.29 is 4.39 Å². The number of allylic oxidation sites excluding steroid dienone is 1. The van der Waals surface area contributed by atoms with Crippen molar-refractivity contribution in [2.24, 2.45) is 5.92 Å². The summed E-state index contributed by atoms with van der Waals surface area (Å²) in [5.74, 6) is 0.491. The van der Waals surface area contributed by atoms with Crippen molar-refractivity contribution in [1.82, 2.24) is 20.8 Å². The highest BCUT2D eigenvalue weighted by atomic mass is 19.1. The van der Waals surface area contributed by atoms with Crippen LogP contribution in [0.4, 0.5) is 10.1 Å². The van der Waals surface area contributed by atoms with Gasteiger partial charge in [0.1, 0.15) is 5.69 Å². The fraction of sp³-hybridized carbons (Fsp3) is 0.172. The third-order valence-electron chi connectivity index (χ3n) is 6.89. The number of nitrogens with one attached hydrogen (secondary N) is 3. The van der Waals surface area contributed by atoms with E-state index in [1.807, 2.05) is 24.3 Å². The Hall–Kier alpha value is -4.03. The van der Waals surface area contributed by atoms with Gasteiger partial charge in [0.25, 0.3) is 0 Å². The van der Waals surface area contributed by atoms with Crippen molar-refractivity contribution in [2.75, 3.05) is 5.43 Å². The van der Waals surface area contributed by atoms with Gasteiger partial charge in [0.05, 0.1) is 11.9 Å². The van der Waals surface area contributed by atoms with Crippen molar-refractivity contribution in [2.45, 2.75) is 25.6 Å². The third kappa shape index (κ3) is 4.29. The quantitative estimate of drug-likeness (QED) is 0.222. The summed E-state index contributed by atoms with van der Waals surface area (Å²) in [6.07, 6.45) is 8.00. The summed E-state index contributed by atoms with van der Waals surface area (Å²) in [6, 6.07) is 25.2. The molecule has 0 amide bonds. The zero-order valence-electron chi connectivity index (χ0n) is 19.2. The molecule has 2 aliphatic rings. The molecule has 0 saturated heterocycles.